The summed E-state index contributed by atoms with van der Waals surface area (Å²) in [6.45, 7) is 7.19. The van der Waals surface area contributed by atoms with Crippen molar-refractivity contribution in [2.24, 2.45) is 20.0 Å². The fourth-order valence-corrected chi connectivity index (χ4v) is 13.4. The molecule has 3 aliphatic carbocycles. The zero-order valence-electron chi connectivity index (χ0n) is 46.4. The van der Waals surface area contributed by atoms with E-state index in [0.29, 0.717) is 24.8 Å². The molecule has 0 N–H and O–H groups in total. The molecule has 400 valence electrons. The molecule has 0 bridgehead atoms. The molecule has 0 amide bonds. The summed E-state index contributed by atoms with van der Waals surface area (Å²) in [5.74, 6) is 2.98. The molecule has 0 aliphatic heterocycles. The van der Waals surface area contributed by atoms with Crippen molar-refractivity contribution in [3.8, 4) is 45.3 Å². The van der Waals surface area contributed by atoms with Gasteiger partial charge in [0.2, 0.25) is 0 Å². The Morgan fingerprint density at radius 1 is 0.536 bits per heavy atom. The van der Waals surface area contributed by atoms with E-state index in [9.17, 15) is 0 Å². The highest BCUT2D eigenvalue weighted by Gasteiger charge is 2.55. The topological polar surface area (TPSA) is 85.1 Å². The van der Waals surface area contributed by atoms with Gasteiger partial charge in [-0.3, -0.25) is 19.1 Å². The first-order valence-corrected chi connectivity index (χ1v) is 28.7. The molecule has 1 spiro atoms. The predicted molar refractivity (Wildman–Crippen MR) is 344 cm³/mol. The number of benzene rings is 10. The van der Waals surface area contributed by atoms with Crippen LogP contribution in [0.1, 0.15) is 69.3 Å². The molecule has 0 fully saturated rings. The van der Waals surface area contributed by atoms with Crippen LogP contribution in [0, 0.1) is 0 Å². The number of hydrogen-bond acceptors (Lipinski definition) is 4. The SMILES string of the molecule is C=N/C(=N\C(=N/Cc1cccc2c1C1CC=CC=C1C21c2ccccc2-c2c(/C(C)=N/Cc3cccc(-n4c(-c5ccccc5)nc5ccccc54)c3)cccc21)c1ccccc1)c1cccc(-n2c(-c3ccccc3)nc3ccccc32)c1. The van der Waals surface area contributed by atoms with Crippen LogP contribution in [0.25, 0.3) is 67.3 Å². The van der Waals surface area contributed by atoms with E-state index in [1.54, 1.807) is 0 Å². The van der Waals surface area contributed by atoms with Crippen LogP contribution in [0.2, 0.25) is 0 Å². The van der Waals surface area contributed by atoms with E-state index < -0.39 is 5.41 Å². The van der Waals surface area contributed by atoms with Crippen molar-refractivity contribution in [1.29, 1.82) is 0 Å². The Kier molecular flexibility index (Phi) is 12.6. The molecule has 15 rings (SSSR count). The molecule has 0 saturated heterocycles. The summed E-state index contributed by atoms with van der Waals surface area (Å²) in [4.78, 5) is 31.0. The van der Waals surface area contributed by atoms with Crippen molar-refractivity contribution in [2.45, 2.75) is 37.8 Å². The van der Waals surface area contributed by atoms with Gasteiger partial charge in [-0.2, -0.15) is 0 Å². The Labute approximate surface area is 488 Å². The Hall–Kier alpha value is -10.7. The molecule has 8 heteroatoms. The number of imidazole rings is 2. The van der Waals surface area contributed by atoms with Crippen LogP contribution in [0.5, 0.6) is 0 Å². The molecular formula is C76H56N8. The summed E-state index contributed by atoms with van der Waals surface area (Å²) in [5, 5.41) is 0. The Balaban J connectivity index is 0.799. The normalized spacial score (nSPS) is 16.2. The van der Waals surface area contributed by atoms with Crippen LogP contribution in [-0.4, -0.2) is 43.2 Å². The van der Waals surface area contributed by atoms with E-state index >= 15 is 0 Å². The molecule has 2 unspecified atom stereocenters. The average molecular weight is 1080 g/mol. The number of para-hydroxylation sites is 4. The average Bonchev–Trinajstić information content (AvgIpc) is 1.56. The Bertz CT molecular complexity index is 4730. The van der Waals surface area contributed by atoms with Gasteiger partial charge in [-0.05, 0) is 119 Å². The summed E-state index contributed by atoms with van der Waals surface area (Å²) in [6.07, 6.45) is 7.87. The minimum absolute atomic E-state index is 0.146. The first-order chi connectivity index (χ1) is 41.5. The summed E-state index contributed by atoms with van der Waals surface area (Å²) in [7, 11) is 0. The number of amidine groups is 2. The lowest BCUT2D eigenvalue weighted by Gasteiger charge is -2.32. The molecule has 12 aromatic rings. The molecule has 3 aliphatic rings. The van der Waals surface area contributed by atoms with Crippen LogP contribution in [0.3, 0.4) is 0 Å². The quantitative estimate of drug-likeness (QED) is 0.0955. The second kappa shape index (κ2) is 21.0. The minimum atomic E-state index is -0.517. The highest BCUT2D eigenvalue weighted by atomic mass is 15.1. The monoisotopic (exact) mass is 1080 g/mol. The van der Waals surface area contributed by atoms with E-state index in [0.717, 1.165) is 90.6 Å². The van der Waals surface area contributed by atoms with Gasteiger partial charge < -0.3 is 0 Å². The predicted octanol–water partition coefficient (Wildman–Crippen LogP) is 17.1. The number of nitrogens with zero attached hydrogens (tertiary/aromatic N) is 8. The van der Waals surface area contributed by atoms with Crippen LogP contribution in [0.15, 0.2) is 292 Å². The van der Waals surface area contributed by atoms with Gasteiger partial charge >= 0.3 is 0 Å². The number of aromatic nitrogens is 4. The number of hydrogen-bond donors (Lipinski definition) is 0. The van der Waals surface area contributed by atoms with Crippen molar-refractivity contribution < 1.29 is 0 Å². The van der Waals surface area contributed by atoms with E-state index in [-0.39, 0.29) is 5.92 Å². The number of aliphatic imine (C=N–C) groups is 4. The summed E-state index contributed by atoms with van der Waals surface area (Å²) >= 11 is 0. The maximum absolute atomic E-state index is 5.47. The van der Waals surface area contributed by atoms with Crippen LogP contribution < -0.4 is 0 Å². The maximum Gasteiger partial charge on any atom is 0.161 e. The number of fused-ring (bicyclic) bond motifs is 12. The zero-order valence-corrected chi connectivity index (χ0v) is 46.4. The minimum Gasteiger partial charge on any atom is -0.292 e. The number of allylic oxidation sites excluding steroid dienone is 4. The first-order valence-electron chi connectivity index (χ1n) is 28.7. The van der Waals surface area contributed by atoms with E-state index in [1.807, 2.05) is 66.7 Å². The fourth-order valence-electron chi connectivity index (χ4n) is 13.4. The largest absolute Gasteiger partial charge is 0.292 e. The molecular weight excluding hydrogens is 1020 g/mol. The zero-order chi connectivity index (χ0) is 56.1. The lowest BCUT2D eigenvalue weighted by Crippen LogP contribution is -2.27. The van der Waals surface area contributed by atoms with Gasteiger partial charge in [0.1, 0.15) is 11.6 Å². The highest BCUT2D eigenvalue weighted by Crippen LogP contribution is 2.66. The van der Waals surface area contributed by atoms with Crippen LogP contribution in [-0.2, 0) is 18.5 Å². The third-order valence-electron chi connectivity index (χ3n) is 17.0. The smallest absolute Gasteiger partial charge is 0.161 e. The maximum atomic E-state index is 5.47. The second-order valence-corrected chi connectivity index (χ2v) is 21.7. The van der Waals surface area contributed by atoms with Crippen molar-refractivity contribution in [3.05, 3.63) is 323 Å². The fraction of sp³-hybridized carbons (Fsp3) is 0.0789. The standard InChI is InChI=1S/C76H56N8/c1-50(78-48-51-24-20-33-57(46-51)83-68-44-18-16-42-66(68)80-74(83)53-27-8-4-9-28-53)59-37-23-41-65-71(59)61-36-13-15-39-63(61)76(65)62-38-14-12-35-60(62)70-56(32-22-40-64(70)76)49-79-73(52-25-6-3-7-26-52)82-72(77-2)55-31-21-34-58(47-55)84-69-45-19-17-43-67(69)81-75(84)54-29-10-5-11-30-54/h3-34,36-47,60H,2,35,48-49H2,1H3/b78-50+,79-73-,82-72-. The molecule has 2 atom stereocenters. The lowest BCUT2D eigenvalue weighted by molar-refractivity contribution is 0.706. The van der Waals surface area contributed by atoms with Crippen molar-refractivity contribution in [3.63, 3.8) is 0 Å². The van der Waals surface area contributed by atoms with Gasteiger partial charge in [0.25, 0.3) is 0 Å². The molecule has 2 aromatic heterocycles. The molecule has 0 radical (unpaired) electrons. The van der Waals surface area contributed by atoms with E-state index in [2.05, 4.69) is 228 Å². The molecule has 84 heavy (non-hydrogen) atoms. The molecule has 8 nitrogen and oxygen atoms in total. The summed E-state index contributed by atoms with van der Waals surface area (Å²) in [5.41, 5.74) is 22.8. The van der Waals surface area contributed by atoms with Gasteiger partial charge in [0, 0.05) is 50.8 Å². The second-order valence-electron chi connectivity index (χ2n) is 21.7. The van der Waals surface area contributed by atoms with Gasteiger partial charge in [0.15, 0.2) is 11.7 Å². The van der Waals surface area contributed by atoms with Crippen molar-refractivity contribution in [2.75, 3.05) is 0 Å². The third-order valence-corrected chi connectivity index (χ3v) is 17.0. The Morgan fingerprint density at radius 2 is 1.12 bits per heavy atom. The van der Waals surface area contributed by atoms with Gasteiger partial charge in [0.05, 0.1) is 40.6 Å². The molecule has 2 heterocycles. The Morgan fingerprint density at radius 3 is 1.83 bits per heavy atom. The molecule has 10 aromatic carbocycles. The summed E-state index contributed by atoms with van der Waals surface area (Å²) in [6, 6.07) is 87.4. The van der Waals surface area contributed by atoms with Gasteiger partial charge in [-0.25, -0.2) is 20.0 Å². The van der Waals surface area contributed by atoms with E-state index in [1.165, 1.54) is 44.5 Å². The number of rotatable bonds is 11. The summed E-state index contributed by atoms with van der Waals surface area (Å²) < 4.78 is 4.47. The van der Waals surface area contributed by atoms with Crippen molar-refractivity contribution in [1.82, 2.24) is 19.1 Å². The van der Waals surface area contributed by atoms with Crippen molar-refractivity contribution >= 4 is 46.2 Å². The van der Waals surface area contributed by atoms with Crippen LogP contribution in [0.4, 0.5) is 0 Å². The third kappa shape index (κ3) is 8.36. The van der Waals surface area contributed by atoms with Gasteiger partial charge in [-0.15, -0.1) is 0 Å². The highest BCUT2D eigenvalue weighted by molar-refractivity contribution is 6.13. The van der Waals surface area contributed by atoms with Gasteiger partial charge in [-0.1, -0.05) is 218 Å². The lowest BCUT2D eigenvalue weighted by atomic mass is 9.68. The van der Waals surface area contributed by atoms with E-state index in [4.69, 9.17) is 24.9 Å². The first kappa shape index (κ1) is 50.3. The van der Waals surface area contributed by atoms with Crippen LogP contribution >= 0.6 is 0 Å². The molecule has 0 saturated carbocycles.